The molecule has 2 amide bonds. The van der Waals surface area contributed by atoms with E-state index in [0.717, 1.165) is 0 Å². The molecule has 0 heterocycles. The minimum atomic E-state index is -0.563. The summed E-state index contributed by atoms with van der Waals surface area (Å²) >= 11 is 0. The predicted octanol–water partition coefficient (Wildman–Crippen LogP) is 3.01. The van der Waals surface area contributed by atoms with Gasteiger partial charge in [-0.3, -0.25) is 9.59 Å². The van der Waals surface area contributed by atoms with Crippen molar-refractivity contribution in [1.29, 1.82) is 0 Å². The number of phenols is 1. The summed E-state index contributed by atoms with van der Waals surface area (Å²) in [5.41, 5.74) is 4.11. The second-order valence-electron chi connectivity index (χ2n) is 6.20. The number of amides is 2. The van der Waals surface area contributed by atoms with Crippen LogP contribution in [0.15, 0.2) is 54.2 Å². The molecule has 0 unspecified atom stereocenters. The number of rotatable bonds is 10. The largest absolute Gasteiger partial charge is 0.504 e. The summed E-state index contributed by atoms with van der Waals surface area (Å²) in [6.07, 6.45) is 3.14. The molecule has 8 heteroatoms. The van der Waals surface area contributed by atoms with Crippen LogP contribution in [-0.2, 0) is 16.0 Å². The highest BCUT2D eigenvalue weighted by Crippen LogP contribution is 2.31. The van der Waals surface area contributed by atoms with Crippen molar-refractivity contribution < 1.29 is 24.2 Å². The van der Waals surface area contributed by atoms with Crippen molar-refractivity contribution in [2.45, 2.75) is 19.8 Å². The lowest BCUT2D eigenvalue weighted by atomic mass is 10.1. The Kier molecular flexibility index (Phi) is 8.43. The molecule has 0 radical (unpaired) electrons. The SMILES string of the molecule is C=CCc1cc(/C=N/NC(=O)CC(=O)Nc2ccc(OC)cc2)cc(OCC)c1O. The first-order chi connectivity index (χ1) is 14.5. The van der Waals surface area contributed by atoms with Crippen LogP contribution in [0.1, 0.15) is 24.5 Å². The summed E-state index contributed by atoms with van der Waals surface area (Å²) in [5, 5.41) is 16.7. The predicted molar refractivity (Wildman–Crippen MR) is 115 cm³/mol. The zero-order valence-corrected chi connectivity index (χ0v) is 17.0. The zero-order valence-electron chi connectivity index (χ0n) is 17.0. The molecule has 30 heavy (non-hydrogen) atoms. The van der Waals surface area contributed by atoms with Crippen LogP contribution in [0.3, 0.4) is 0 Å². The highest BCUT2D eigenvalue weighted by Gasteiger charge is 2.11. The minimum Gasteiger partial charge on any atom is -0.504 e. The fraction of sp³-hybridized carbons (Fsp3) is 0.227. The molecule has 0 saturated carbocycles. The number of hydrogen-bond acceptors (Lipinski definition) is 6. The molecule has 0 aromatic heterocycles. The molecule has 0 spiro atoms. The summed E-state index contributed by atoms with van der Waals surface area (Å²) in [5.74, 6) is 0.00600. The number of allylic oxidation sites excluding steroid dienone is 1. The molecular weight excluding hydrogens is 386 g/mol. The Bertz CT molecular complexity index is 923. The van der Waals surface area contributed by atoms with E-state index >= 15 is 0 Å². The highest BCUT2D eigenvalue weighted by atomic mass is 16.5. The molecule has 0 saturated heterocycles. The van der Waals surface area contributed by atoms with Gasteiger partial charge in [0.1, 0.15) is 12.2 Å². The van der Waals surface area contributed by atoms with Gasteiger partial charge in [-0.05, 0) is 55.3 Å². The number of aromatic hydroxyl groups is 1. The van der Waals surface area contributed by atoms with Gasteiger partial charge in [-0.15, -0.1) is 6.58 Å². The molecule has 0 aliphatic heterocycles. The minimum absolute atomic E-state index is 0.0492. The van der Waals surface area contributed by atoms with Gasteiger partial charge in [-0.25, -0.2) is 5.43 Å². The molecule has 2 aromatic carbocycles. The van der Waals surface area contributed by atoms with Crippen LogP contribution in [-0.4, -0.2) is 36.9 Å². The van der Waals surface area contributed by atoms with Crippen molar-refractivity contribution in [3.8, 4) is 17.2 Å². The third kappa shape index (κ3) is 6.66. The van der Waals surface area contributed by atoms with Crippen LogP contribution >= 0.6 is 0 Å². The Morgan fingerprint density at radius 2 is 1.93 bits per heavy atom. The Morgan fingerprint density at radius 1 is 1.20 bits per heavy atom. The number of nitrogens with zero attached hydrogens (tertiary/aromatic N) is 1. The van der Waals surface area contributed by atoms with Crippen LogP contribution < -0.4 is 20.2 Å². The lowest BCUT2D eigenvalue weighted by Crippen LogP contribution is -2.24. The molecule has 0 atom stereocenters. The van der Waals surface area contributed by atoms with E-state index in [2.05, 4.69) is 22.4 Å². The fourth-order valence-electron chi connectivity index (χ4n) is 2.58. The number of nitrogens with one attached hydrogen (secondary N) is 2. The Hall–Kier alpha value is -3.81. The summed E-state index contributed by atoms with van der Waals surface area (Å²) < 4.78 is 10.5. The smallest absolute Gasteiger partial charge is 0.249 e. The maximum absolute atomic E-state index is 12.0. The summed E-state index contributed by atoms with van der Waals surface area (Å²) in [6.45, 7) is 5.87. The first-order valence-corrected chi connectivity index (χ1v) is 9.32. The first kappa shape index (κ1) is 22.5. The van der Waals surface area contributed by atoms with Crippen LogP contribution in [0.2, 0.25) is 0 Å². The lowest BCUT2D eigenvalue weighted by Gasteiger charge is -2.10. The number of anilines is 1. The molecular formula is C22H25N3O5. The molecule has 158 valence electrons. The fourth-order valence-corrected chi connectivity index (χ4v) is 2.58. The number of benzene rings is 2. The van der Waals surface area contributed by atoms with Crippen molar-refractivity contribution in [2.24, 2.45) is 5.10 Å². The van der Waals surface area contributed by atoms with Crippen LogP contribution in [0.4, 0.5) is 5.69 Å². The Morgan fingerprint density at radius 3 is 2.57 bits per heavy atom. The maximum atomic E-state index is 12.0. The molecule has 0 aliphatic rings. The third-order valence-electron chi connectivity index (χ3n) is 3.94. The molecule has 3 N–H and O–H groups in total. The van der Waals surface area contributed by atoms with E-state index < -0.39 is 11.8 Å². The van der Waals surface area contributed by atoms with Gasteiger partial charge in [0.05, 0.1) is 19.9 Å². The second kappa shape index (κ2) is 11.3. The molecule has 0 aliphatic carbocycles. The van der Waals surface area contributed by atoms with E-state index in [9.17, 15) is 14.7 Å². The third-order valence-corrected chi connectivity index (χ3v) is 3.94. The van der Waals surface area contributed by atoms with E-state index in [1.165, 1.54) is 6.21 Å². The van der Waals surface area contributed by atoms with Gasteiger partial charge in [0.15, 0.2) is 11.5 Å². The van der Waals surface area contributed by atoms with Gasteiger partial charge >= 0.3 is 0 Å². The van der Waals surface area contributed by atoms with Gasteiger partial charge < -0.3 is 19.9 Å². The van der Waals surface area contributed by atoms with Crippen LogP contribution in [0.5, 0.6) is 17.2 Å². The van der Waals surface area contributed by atoms with Crippen molar-refractivity contribution in [3.05, 3.63) is 60.2 Å². The van der Waals surface area contributed by atoms with E-state index in [0.29, 0.717) is 41.3 Å². The zero-order chi connectivity index (χ0) is 21.9. The second-order valence-corrected chi connectivity index (χ2v) is 6.20. The summed E-state index contributed by atoms with van der Waals surface area (Å²) in [6, 6.07) is 10.1. The average molecular weight is 411 g/mol. The lowest BCUT2D eigenvalue weighted by molar-refractivity contribution is -0.126. The van der Waals surface area contributed by atoms with Crippen LogP contribution in [0.25, 0.3) is 0 Å². The van der Waals surface area contributed by atoms with Gasteiger partial charge in [0.25, 0.3) is 0 Å². The standard InChI is InChI=1S/C22H25N3O5/c1-4-6-16-11-15(12-19(22(16)28)30-5-2)14-23-25-21(27)13-20(26)24-17-7-9-18(29-3)10-8-17/h4,7-12,14,28H,1,5-6,13H2,2-3H3,(H,24,26)(H,25,27)/b23-14+. The Balaban J connectivity index is 1.94. The number of methoxy groups -OCH3 is 1. The van der Waals surface area contributed by atoms with E-state index in [4.69, 9.17) is 9.47 Å². The summed E-state index contributed by atoms with van der Waals surface area (Å²) in [7, 11) is 1.55. The van der Waals surface area contributed by atoms with Crippen molar-refractivity contribution in [3.63, 3.8) is 0 Å². The highest BCUT2D eigenvalue weighted by molar-refractivity contribution is 6.03. The van der Waals surface area contributed by atoms with E-state index in [1.54, 1.807) is 49.6 Å². The Labute approximate surface area is 175 Å². The van der Waals surface area contributed by atoms with Crippen LogP contribution in [0, 0.1) is 0 Å². The van der Waals surface area contributed by atoms with E-state index in [1.807, 2.05) is 6.92 Å². The average Bonchev–Trinajstić information content (AvgIpc) is 2.72. The molecule has 2 aromatic rings. The topological polar surface area (TPSA) is 109 Å². The maximum Gasteiger partial charge on any atom is 0.249 e. The number of phenolic OH excluding ortho intramolecular Hbond substituents is 1. The van der Waals surface area contributed by atoms with Gasteiger partial charge in [-0.2, -0.15) is 5.10 Å². The first-order valence-electron chi connectivity index (χ1n) is 9.32. The number of carbonyl (C=O) groups is 2. The van der Waals surface area contributed by atoms with Gasteiger partial charge in [0, 0.05) is 11.3 Å². The number of hydrazone groups is 1. The number of hydrogen-bond donors (Lipinski definition) is 3. The quantitative estimate of drug-likeness (QED) is 0.241. The van der Waals surface area contributed by atoms with Gasteiger partial charge in [0.2, 0.25) is 11.8 Å². The molecule has 2 rings (SSSR count). The van der Waals surface area contributed by atoms with Crippen molar-refractivity contribution in [1.82, 2.24) is 5.43 Å². The van der Waals surface area contributed by atoms with E-state index in [-0.39, 0.29) is 12.2 Å². The molecule has 0 bridgehead atoms. The molecule has 0 fully saturated rings. The number of carbonyl (C=O) groups excluding carboxylic acids is 2. The normalized spacial score (nSPS) is 10.5. The van der Waals surface area contributed by atoms with Gasteiger partial charge in [-0.1, -0.05) is 6.08 Å². The summed E-state index contributed by atoms with van der Waals surface area (Å²) in [4.78, 5) is 23.9. The molecule has 8 nitrogen and oxygen atoms in total. The van der Waals surface area contributed by atoms with Crippen molar-refractivity contribution in [2.75, 3.05) is 19.0 Å². The number of ether oxygens (including phenoxy) is 2. The monoisotopic (exact) mass is 411 g/mol. The van der Waals surface area contributed by atoms with Crippen molar-refractivity contribution >= 4 is 23.7 Å².